The van der Waals surface area contributed by atoms with Gasteiger partial charge in [-0.1, -0.05) is 0 Å². The lowest BCUT2D eigenvalue weighted by Gasteiger charge is -2.03. The highest BCUT2D eigenvalue weighted by atomic mass is 32.3. The molecule has 2 rings (SSSR count). The van der Waals surface area contributed by atoms with Gasteiger partial charge in [0.15, 0.2) is 12.4 Å². The number of allylic oxidation sites excluding steroid dienone is 4. The second-order valence-corrected chi connectivity index (χ2v) is 6.25. The molecular weight excluding hydrogens is 338 g/mol. The molecule has 2 aliphatic heterocycles. The van der Waals surface area contributed by atoms with Crippen molar-refractivity contribution in [3.8, 4) is 0 Å². The minimum absolute atomic E-state index is 1.27. The van der Waals surface area contributed by atoms with Crippen LogP contribution in [0.2, 0.25) is 0 Å². The van der Waals surface area contributed by atoms with Crippen molar-refractivity contribution in [2.24, 2.45) is 0 Å². The highest BCUT2D eigenvalue weighted by molar-refractivity contribution is 7.98. The lowest BCUT2D eigenvalue weighted by molar-refractivity contribution is -0.380. The van der Waals surface area contributed by atoms with Gasteiger partial charge in [-0.05, 0) is 0 Å². The second kappa shape index (κ2) is 6.38. The van der Waals surface area contributed by atoms with Gasteiger partial charge in [-0.3, -0.25) is 0 Å². The fraction of sp³-hybridized carbons (Fsp3) is 0. The topological polar surface area (TPSA) is 147 Å². The van der Waals surface area contributed by atoms with Crippen LogP contribution in [0, 0.1) is 0 Å². The molecule has 2 heterocycles. The standard InChI is InChI=1S/C7H6N.H2O9S3/c1-3-7-4-2-6-8(7)5-1;1-10(2)8-12(6,7)9-11(3,4)5/h1-6H;10H,(H,3,4,5)/q+1;/p-1. The quantitative estimate of drug-likeness (QED) is 0.272. The van der Waals surface area contributed by atoms with Gasteiger partial charge in [0.2, 0.25) is 16.1 Å². The Morgan fingerprint density at radius 3 is 2.30 bits per heavy atom. The largest absolute Gasteiger partial charge is 0.725 e. The molecule has 13 heteroatoms. The van der Waals surface area contributed by atoms with E-state index in [0.717, 1.165) is 0 Å². The summed E-state index contributed by atoms with van der Waals surface area (Å²) in [6, 6.07) is 0. The monoisotopic (exact) mass is 345 g/mol. The number of nitrogens with zero attached hydrogens (tertiary/aromatic N) is 1. The van der Waals surface area contributed by atoms with E-state index in [2.05, 4.69) is 24.0 Å². The smallest absolute Gasteiger partial charge is 0.428 e. The van der Waals surface area contributed by atoms with Crippen LogP contribution in [0.1, 0.15) is 0 Å². The van der Waals surface area contributed by atoms with E-state index in [-0.39, 0.29) is 0 Å². The fourth-order valence-electron chi connectivity index (χ4n) is 1.11. The van der Waals surface area contributed by atoms with Crippen molar-refractivity contribution >= 4 is 38.0 Å². The molecular formula is C7H7NO9S3. The number of hydrogen-bond acceptors (Lipinski definition) is 9. The van der Waals surface area contributed by atoms with Crippen molar-refractivity contribution in [1.82, 2.24) is 0 Å². The van der Waals surface area contributed by atoms with Gasteiger partial charge in [-0.15, -0.1) is 7.26 Å². The predicted molar refractivity (Wildman–Crippen MR) is 63.8 cm³/mol. The maximum atomic E-state index is 10.0. The summed E-state index contributed by atoms with van der Waals surface area (Å²) in [5.41, 5.74) is 1.27. The molecule has 0 aromatic rings. The first-order chi connectivity index (χ1) is 9.09. The van der Waals surface area contributed by atoms with Gasteiger partial charge in [-0.2, -0.15) is 13.0 Å². The Hall–Kier alpha value is -1.38. The van der Waals surface area contributed by atoms with E-state index in [9.17, 15) is 29.8 Å². The molecule has 0 aromatic carbocycles. The molecule has 0 saturated carbocycles. The Morgan fingerprint density at radius 2 is 1.80 bits per heavy atom. The summed E-state index contributed by atoms with van der Waals surface area (Å²) in [5.74, 6) is 0. The van der Waals surface area contributed by atoms with Crippen LogP contribution in [0.5, 0.6) is 0 Å². The van der Waals surface area contributed by atoms with Crippen molar-refractivity contribution in [2.75, 3.05) is 0 Å². The summed E-state index contributed by atoms with van der Waals surface area (Å²) < 4.78 is 75.7. The predicted octanol–water partition coefficient (Wildman–Crippen LogP) is -1.70. The molecule has 0 spiro atoms. The van der Waals surface area contributed by atoms with Gasteiger partial charge >= 0.3 is 10.4 Å². The number of hydrogen-bond donors (Lipinski definition) is 1. The maximum absolute atomic E-state index is 10.0. The van der Waals surface area contributed by atoms with Crippen LogP contribution in [0.4, 0.5) is 0 Å². The number of fused-ring (bicyclic) bond motifs is 1. The Bertz CT molecular complexity index is 745. The fourth-order valence-corrected chi connectivity index (χ4v) is 2.84. The molecule has 0 unspecified atom stereocenters. The number of thiol groups is 1. The molecule has 112 valence electrons. The molecule has 20 heavy (non-hydrogen) atoms. The Labute approximate surface area is 116 Å². The van der Waals surface area contributed by atoms with Crippen LogP contribution in [0.25, 0.3) is 0 Å². The molecule has 10 nitrogen and oxygen atoms in total. The van der Waals surface area contributed by atoms with Gasteiger partial charge in [0.25, 0.3) is 11.0 Å². The molecule has 0 N–H and O–H groups in total. The minimum Gasteiger partial charge on any atom is -0.725 e. The van der Waals surface area contributed by atoms with E-state index in [4.69, 9.17) is 0 Å². The minimum atomic E-state index is -5.56. The van der Waals surface area contributed by atoms with Gasteiger partial charge in [-0.25, -0.2) is 16.8 Å². The highest BCUT2D eigenvalue weighted by Crippen LogP contribution is 2.10. The summed E-state index contributed by atoms with van der Waals surface area (Å²) in [6.07, 6.45) is 12.3. The Morgan fingerprint density at radius 1 is 1.15 bits per heavy atom. The van der Waals surface area contributed by atoms with Gasteiger partial charge < -0.3 is 4.55 Å². The van der Waals surface area contributed by atoms with E-state index < -0.39 is 31.8 Å². The van der Waals surface area contributed by atoms with E-state index in [1.807, 2.05) is 24.6 Å². The van der Waals surface area contributed by atoms with E-state index in [1.165, 1.54) is 5.70 Å². The van der Waals surface area contributed by atoms with Gasteiger partial charge in [0.05, 0.1) is 0 Å². The third kappa shape index (κ3) is 6.18. The molecule has 0 bridgehead atoms. The van der Waals surface area contributed by atoms with Crippen molar-refractivity contribution in [1.29, 1.82) is 0 Å². The summed E-state index contributed by atoms with van der Waals surface area (Å²) in [7, 11) is -14.8. The lowest BCUT2D eigenvalue weighted by atomic mass is 10.4. The second-order valence-electron chi connectivity index (χ2n) is 3.03. The zero-order valence-electron chi connectivity index (χ0n) is 9.35. The summed E-state index contributed by atoms with van der Waals surface area (Å²) in [5, 5.41) is 0. The van der Waals surface area contributed by atoms with Crippen molar-refractivity contribution in [3.05, 3.63) is 36.2 Å². The summed E-state index contributed by atoms with van der Waals surface area (Å²) in [4.78, 5) is 0. The molecule has 0 aromatic heterocycles. The van der Waals surface area contributed by atoms with Crippen molar-refractivity contribution in [3.63, 3.8) is 0 Å². The first-order valence-corrected chi connectivity index (χ1v) is 8.29. The zero-order chi connectivity index (χ0) is 15.4. The molecule has 0 radical (unpaired) electrons. The van der Waals surface area contributed by atoms with Crippen LogP contribution in [-0.2, 0) is 39.0 Å². The Balaban J connectivity index is 0.000000212. The molecule has 0 fully saturated rings. The third-order valence-electron chi connectivity index (χ3n) is 1.64. The SMILES string of the molecule is C1=CC2=CC=C[N+]2=C1.O=[SH](=O)OS(=O)(=O)OS(=O)(=O)[O-]. The lowest BCUT2D eigenvalue weighted by Crippen LogP contribution is -2.14. The van der Waals surface area contributed by atoms with Crippen molar-refractivity contribution in [2.45, 2.75) is 0 Å². The van der Waals surface area contributed by atoms with Crippen LogP contribution >= 0.6 is 0 Å². The summed E-state index contributed by atoms with van der Waals surface area (Å²) >= 11 is 0. The van der Waals surface area contributed by atoms with Gasteiger partial charge in [0.1, 0.15) is 0 Å². The Kier molecular flexibility index (Phi) is 5.32. The van der Waals surface area contributed by atoms with Crippen LogP contribution in [0.15, 0.2) is 36.2 Å². The molecule has 2 aliphatic rings. The van der Waals surface area contributed by atoms with E-state index in [1.54, 1.807) is 0 Å². The highest BCUT2D eigenvalue weighted by Gasteiger charge is 2.17. The first kappa shape index (κ1) is 16.7. The molecule has 0 aliphatic carbocycles. The average Bonchev–Trinajstić information content (AvgIpc) is 2.70. The van der Waals surface area contributed by atoms with Crippen LogP contribution in [0.3, 0.4) is 0 Å². The van der Waals surface area contributed by atoms with Gasteiger partial charge in [0, 0.05) is 24.3 Å². The molecule has 0 atom stereocenters. The van der Waals surface area contributed by atoms with Crippen molar-refractivity contribution < 1.29 is 41.6 Å². The van der Waals surface area contributed by atoms with E-state index >= 15 is 0 Å². The maximum Gasteiger partial charge on any atom is 0.428 e. The normalized spacial score (nSPS) is 16.5. The molecule has 0 saturated heterocycles. The number of rotatable bonds is 4. The van der Waals surface area contributed by atoms with E-state index in [0.29, 0.717) is 0 Å². The van der Waals surface area contributed by atoms with Crippen LogP contribution in [-0.4, -0.2) is 40.6 Å². The first-order valence-electron chi connectivity index (χ1n) is 4.53. The zero-order valence-corrected chi connectivity index (χ0v) is 11.9. The summed E-state index contributed by atoms with van der Waals surface area (Å²) in [6.45, 7) is 0. The average molecular weight is 345 g/mol. The van der Waals surface area contributed by atoms with Crippen LogP contribution < -0.4 is 0 Å². The third-order valence-corrected chi connectivity index (χ3v) is 4.19. The molecule has 0 amide bonds.